The summed E-state index contributed by atoms with van der Waals surface area (Å²) in [7, 11) is 2.94. The quantitative estimate of drug-likeness (QED) is 0.319. The Kier molecular flexibility index (Phi) is 6.96. The molecule has 0 radical (unpaired) electrons. The molecule has 4 bridgehead atoms. The molecule has 4 fully saturated rings. The van der Waals surface area contributed by atoms with Crippen molar-refractivity contribution in [1.29, 1.82) is 0 Å². The maximum absolute atomic E-state index is 12.2. The molecule has 6 heteroatoms. The normalized spacial score (nSPS) is 26.7. The van der Waals surface area contributed by atoms with E-state index in [1.807, 2.05) is 19.1 Å². The van der Waals surface area contributed by atoms with Crippen LogP contribution in [0.5, 0.6) is 11.5 Å². The zero-order valence-corrected chi connectivity index (χ0v) is 21.2. The molecule has 0 heterocycles. The minimum atomic E-state index is -0.438. The minimum absolute atomic E-state index is 0.0331. The Morgan fingerprint density at radius 3 is 2.28 bits per heavy atom. The molecule has 2 aromatic carbocycles. The van der Waals surface area contributed by atoms with Crippen LogP contribution in [0.15, 0.2) is 36.4 Å². The molecule has 0 spiro atoms. The SMILES string of the molecule is COC(=O)c1ccccc1C#Cc1ccc(OCOC(C)OC)c(C23CC4CC(CC(C4)C2)C3)c1O. The van der Waals surface area contributed by atoms with Crippen molar-refractivity contribution in [2.45, 2.75) is 57.2 Å². The Morgan fingerprint density at radius 2 is 1.64 bits per heavy atom. The first-order valence-corrected chi connectivity index (χ1v) is 12.8. The molecule has 2 aromatic rings. The molecule has 6 rings (SSSR count). The second kappa shape index (κ2) is 10.2. The van der Waals surface area contributed by atoms with Gasteiger partial charge in [0.15, 0.2) is 13.1 Å². The molecule has 0 aliphatic heterocycles. The van der Waals surface area contributed by atoms with Crippen LogP contribution in [0.4, 0.5) is 0 Å². The zero-order valence-electron chi connectivity index (χ0n) is 21.2. The van der Waals surface area contributed by atoms with E-state index in [1.165, 1.54) is 26.4 Å². The molecule has 4 aliphatic rings. The molecule has 4 aliphatic carbocycles. The van der Waals surface area contributed by atoms with Gasteiger partial charge in [-0.25, -0.2) is 4.79 Å². The highest BCUT2D eigenvalue weighted by Crippen LogP contribution is 2.63. The Balaban J connectivity index is 1.53. The first-order chi connectivity index (χ1) is 17.4. The molecule has 1 N–H and O–H groups in total. The number of phenols is 1. The summed E-state index contributed by atoms with van der Waals surface area (Å²) in [5.41, 5.74) is 2.24. The lowest BCUT2D eigenvalue weighted by molar-refractivity contribution is -0.150. The van der Waals surface area contributed by atoms with Crippen molar-refractivity contribution in [3.8, 4) is 23.3 Å². The maximum atomic E-state index is 12.2. The number of methoxy groups -OCH3 is 2. The topological polar surface area (TPSA) is 74.2 Å². The highest BCUT2D eigenvalue weighted by atomic mass is 16.7. The Labute approximate surface area is 212 Å². The third-order valence-electron chi connectivity index (χ3n) is 8.22. The highest BCUT2D eigenvalue weighted by molar-refractivity contribution is 5.92. The summed E-state index contributed by atoms with van der Waals surface area (Å²) >= 11 is 0. The Morgan fingerprint density at radius 1 is 1.00 bits per heavy atom. The summed E-state index contributed by atoms with van der Waals surface area (Å²) in [4.78, 5) is 12.2. The predicted octanol–water partition coefficient (Wildman–Crippen LogP) is 5.39. The molecule has 4 saturated carbocycles. The molecule has 36 heavy (non-hydrogen) atoms. The van der Waals surface area contributed by atoms with Crippen molar-refractivity contribution < 1.29 is 28.8 Å². The van der Waals surface area contributed by atoms with Crippen molar-refractivity contribution >= 4 is 5.97 Å². The Bertz CT molecular complexity index is 1150. The van der Waals surface area contributed by atoms with Crippen LogP contribution in [0.3, 0.4) is 0 Å². The van der Waals surface area contributed by atoms with Gasteiger partial charge in [0.25, 0.3) is 0 Å². The van der Waals surface area contributed by atoms with Crippen molar-refractivity contribution in [2.24, 2.45) is 17.8 Å². The number of carbonyl (C=O) groups is 1. The minimum Gasteiger partial charge on any atom is -0.506 e. The van der Waals surface area contributed by atoms with E-state index in [0.29, 0.717) is 40.2 Å². The van der Waals surface area contributed by atoms with Crippen LogP contribution >= 0.6 is 0 Å². The van der Waals surface area contributed by atoms with Gasteiger partial charge in [-0.1, -0.05) is 24.0 Å². The maximum Gasteiger partial charge on any atom is 0.339 e. The van der Waals surface area contributed by atoms with Gasteiger partial charge in [-0.2, -0.15) is 0 Å². The van der Waals surface area contributed by atoms with Gasteiger partial charge in [0.2, 0.25) is 0 Å². The largest absolute Gasteiger partial charge is 0.506 e. The summed E-state index contributed by atoms with van der Waals surface area (Å²) in [5, 5.41) is 11.6. The van der Waals surface area contributed by atoms with E-state index in [0.717, 1.165) is 24.8 Å². The fourth-order valence-corrected chi connectivity index (χ4v) is 7.00. The van der Waals surface area contributed by atoms with E-state index >= 15 is 0 Å². The predicted molar refractivity (Wildman–Crippen MR) is 135 cm³/mol. The fraction of sp³-hybridized carbons (Fsp3) is 0.500. The standard InChI is InChI=1S/C30H34O6/c1-19(33-2)35-18-36-26-11-10-24(9-8-23-6-4-5-7-25(23)29(32)34-3)28(31)27(26)30-15-20-12-21(16-30)14-22(13-20)17-30/h4-7,10-11,19-22,31H,12-18H2,1-3H3. The monoisotopic (exact) mass is 490 g/mol. The summed E-state index contributed by atoms with van der Waals surface area (Å²) in [6.45, 7) is 1.84. The number of esters is 1. The zero-order chi connectivity index (χ0) is 25.3. The second-order valence-corrected chi connectivity index (χ2v) is 10.6. The van der Waals surface area contributed by atoms with Gasteiger partial charge in [0.05, 0.1) is 18.2 Å². The number of phenolic OH excluding ortho intramolecular Hbond substituents is 1. The Hall–Kier alpha value is -3.01. The number of hydrogen-bond donors (Lipinski definition) is 1. The third-order valence-corrected chi connectivity index (χ3v) is 8.22. The van der Waals surface area contributed by atoms with Crippen LogP contribution in [-0.2, 0) is 19.6 Å². The van der Waals surface area contributed by atoms with Crippen LogP contribution in [0.1, 0.15) is 72.5 Å². The molecule has 0 aromatic heterocycles. The smallest absolute Gasteiger partial charge is 0.339 e. The van der Waals surface area contributed by atoms with E-state index in [1.54, 1.807) is 31.4 Å². The van der Waals surface area contributed by atoms with Crippen LogP contribution in [-0.4, -0.2) is 38.4 Å². The van der Waals surface area contributed by atoms with E-state index < -0.39 is 5.97 Å². The van der Waals surface area contributed by atoms with Crippen molar-refractivity contribution in [2.75, 3.05) is 21.0 Å². The van der Waals surface area contributed by atoms with E-state index in [2.05, 4.69) is 11.8 Å². The van der Waals surface area contributed by atoms with Gasteiger partial charge in [0.1, 0.15) is 11.5 Å². The van der Waals surface area contributed by atoms with Crippen LogP contribution < -0.4 is 4.74 Å². The van der Waals surface area contributed by atoms with Crippen molar-refractivity contribution in [3.05, 3.63) is 58.7 Å². The summed E-state index contributed by atoms with van der Waals surface area (Å²) in [6, 6.07) is 10.7. The molecule has 0 amide bonds. The third kappa shape index (κ3) is 4.70. The highest BCUT2D eigenvalue weighted by Gasteiger charge is 2.53. The lowest BCUT2D eigenvalue weighted by Crippen LogP contribution is -2.48. The van der Waals surface area contributed by atoms with Gasteiger partial charge < -0.3 is 24.1 Å². The molecular formula is C30H34O6. The van der Waals surface area contributed by atoms with E-state index in [9.17, 15) is 9.90 Å². The number of rotatable bonds is 7. The number of ether oxygens (including phenoxy) is 4. The van der Waals surface area contributed by atoms with Crippen LogP contribution in [0.2, 0.25) is 0 Å². The fourth-order valence-electron chi connectivity index (χ4n) is 7.00. The number of hydrogen-bond acceptors (Lipinski definition) is 6. The molecule has 190 valence electrons. The molecule has 1 unspecified atom stereocenters. The summed E-state index contributed by atoms with van der Waals surface area (Å²) in [5.74, 6) is 8.70. The summed E-state index contributed by atoms with van der Waals surface area (Å²) < 4.78 is 21.7. The lowest BCUT2D eigenvalue weighted by atomic mass is 9.48. The van der Waals surface area contributed by atoms with Gasteiger partial charge >= 0.3 is 5.97 Å². The first-order valence-electron chi connectivity index (χ1n) is 12.8. The average molecular weight is 491 g/mol. The van der Waals surface area contributed by atoms with Gasteiger partial charge in [-0.05, 0) is 87.5 Å². The van der Waals surface area contributed by atoms with Crippen molar-refractivity contribution in [1.82, 2.24) is 0 Å². The lowest BCUT2D eigenvalue weighted by Gasteiger charge is -2.57. The molecule has 0 saturated heterocycles. The van der Waals surface area contributed by atoms with Crippen molar-refractivity contribution in [3.63, 3.8) is 0 Å². The van der Waals surface area contributed by atoms with Gasteiger partial charge in [-0.3, -0.25) is 0 Å². The van der Waals surface area contributed by atoms with E-state index in [4.69, 9.17) is 18.9 Å². The number of aromatic hydroxyl groups is 1. The molecular weight excluding hydrogens is 456 g/mol. The van der Waals surface area contributed by atoms with Gasteiger partial charge in [0, 0.05) is 23.7 Å². The van der Waals surface area contributed by atoms with Crippen LogP contribution in [0.25, 0.3) is 0 Å². The first kappa shape index (κ1) is 24.7. The van der Waals surface area contributed by atoms with Crippen LogP contribution in [0, 0.1) is 29.6 Å². The number of benzene rings is 2. The number of carbonyl (C=O) groups excluding carboxylic acids is 1. The summed E-state index contributed by atoms with van der Waals surface area (Å²) in [6.07, 6.45) is 6.72. The molecule has 1 atom stereocenters. The average Bonchev–Trinajstić information content (AvgIpc) is 2.87. The molecule has 6 nitrogen and oxygen atoms in total. The van der Waals surface area contributed by atoms with Gasteiger partial charge in [-0.15, -0.1) is 0 Å². The van der Waals surface area contributed by atoms with E-state index in [-0.39, 0.29) is 24.2 Å². The second-order valence-electron chi connectivity index (χ2n) is 10.6.